The Labute approximate surface area is 111 Å². The number of hydrogen-bond acceptors (Lipinski definition) is 1. The van der Waals surface area contributed by atoms with Crippen LogP contribution in [0.25, 0.3) is 5.57 Å². The van der Waals surface area contributed by atoms with Gasteiger partial charge in [-0.3, -0.25) is 4.79 Å². The quantitative estimate of drug-likeness (QED) is 0.668. The molecular formula is C14H16BrNO. The molecule has 0 spiro atoms. The lowest BCUT2D eigenvalue weighted by molar-refractivity contribution is -0.117. The first kappa shape index (κ1) is 13.7. The van der Waals surface area contributed by atoms with Crippen LogP contribution in [0.5, 0.6) is 0 Å². The van der Waals surface area contributed by atoms with Gasteiger partial charge in [0.25, 0.3) is 0 Å². The van der Waals surface area contributed by atoms with Crippen molar-refractivity contribution in [3.63, 3.8) is 0 Å². The second kappa shape index (κ2) is 6.40. The highest BCUT2D eigenvalue weighted by atomic mass is 79.9. The van der Waals surface area contributed by atoms with E-state index in [0.29, 0.717) is 6.54 Å². The Kier molecular flexibility index (Phi) is 5.16. The summed E-state index contributed by atoms with van der Waals surface area (Å²) in [5.41, 5.74) is 2.77. The van der Waals surface area contributed by atoms with Gasteiger partial charge < -0.3 is 5.32 Å². The number of halogens is 1. The van der Waals surface area contributed by atoms with Crippen LogP contribution in [0.3, 0.4) is 0 Å². The Morgan fingerprint density at radius 3 is 2.47 bits per heavy atom. The fraction of sp³-hybridized carbons (Fsp3) is 0.214. The molecule has 1 rings (SSSR count). The van der Waals surface area contributed by atoms with Crippen molar-refractivity contribution in [2.75, 3.05) is 6.54 Å². The number of amides is 1. The molecule has 0 unspecified atom stereocenters. The van der Waals surface area contributed by atoms with Gasteiger partial charge in [-0.2, -0.15) is 0 Å². The molecule has 17 heavy (non-hydrogen) atoms. The third-order valence-electron chi connectivity index (χ3n) is 2.59. The van der Waals surface area contributed by atoms with Crippen LogP contribution in [-0.4, -0.2) is 12.5 Å². The van der Waals surface area contributed by atoms with Gasteiger partial charge in [0, 0.05) is 16.6 Å². The Hall–Kier alpha value is -1.35. The first-order valence-electron chi connectivity index (χ1n) is 5.38. The van der Waals surface area contributed by atoms with E-state index in [-0.39, 0.29) is 5.91 Å². The SMILES string of the molecule is C=CCNC(=O)/C(C)=C(\C)c1ccc(Br)cc1. The van der Waals surface area contributed by atoms with E-state index in [2.05, 4.69) is 27.8 Å². The topological polar surface area (TPSA) is 29.1 Å². The van der Waals surface area contributed by atoms with Gasteiger partial charge >= 0.3 is 0 Å². The minimum atomic E-state index is -0.0506. The molecule has 0 aliphatic rings. The standard InChI is InChI=1S/C14H16BrNO/c1-4-9-16-14(17)11(3)10(2)12-5-7-13(15)8-6-12/h4-8H,1,9H2,2-3H3,(H,16,17)/b11-10+. The Morgan fingerprint density at radius 1 is 1.35 bits per heavy atom. The van der Waals surface area contributed by atoms with Crippen molar-refractivity contribution in [3.8, 4) is 0 Å². The molecule has 0 atom stereocenters. The number of hydrogen-bond donors (Lipinski definition) is 1. The lowest BCUT2D eigenvalue weighted by Gasteiger charge is -2.08. The van der Waals surface area contributed by atoms with Crippen molar-refractivity contribution in [3.05, 3.63) is 52.5 Å². The van der Waals surface area contributed by atoms with Crippen LogP contribution in [-0.2, 0) is 4.79 Å². The number of allylic oxidation sites excluding steroid dienone is 1. The van der Waals surface area contributed by atoms with Crippen molar-refractivity contribution in [2.24, 2.45) is 0 Å². The van der Waals surface area contributed by atoms with Gasteiger partial charge in [0.15, 0.2) is 0 Å². The third kappa shape index (κ3) is 3.86. The maximum atomic E-state index is 11.8. The average Bonchev–Trinajstić information content (AvgIpc) is 2.35. The molecule has 0 fully saturated rings. The van der Waals surface area contributed by atoms with E-state index in [1.165, 1.54) is 0 Å². The summed E-state index contributed by atoms with van der Waals surface area (Å²) in [6.07, 6.45) is 1.67. The summed E-state index contributed by atoms with van der Waals surface area (Å²) in [7, 11) is 0. The zero-order valence-electron chi connectivity index (χ0n) is 10.1. The minimum absolute atomic E-state index is 0.0506. The number of benzene rings is 1. The zero-order valence-corrected chi connectivity index (χ0v) is 11.7. The van der Waals surface area contributed by atoms with Gasteiger partial charge in [-0.25, -0.2) is 0 Å². The number of nitrogens with one attached hydrogen (secondary N) is 1. The summed E-state index contributed by atoms with van der Waals surface area (Å²) in [5, 5.41) is 2.77. The fourth-order valence-corrected chi connectivity index (χ4v) is 1.65. The molecule has 2 nitrogen and oxygen atoms in total. The molecule has 0 saturated carbocycles. The summed E-state index contributed by atoms with van der Waals surface area (Å²) in [4.78, 5) is 11.8. The van der Waals surface area contributed by atoms with Crippen LogP contribution in [0.1, 0.15) is 19.4 Å². The largest absolute Gasteiger partial charge is 0.349 e. The molecule has 0 radical (unpaired) electrons. The summed E-state index contributed by atoms with van der Waals surface area (Å²) < 4.78 is 1.03. The van der Waals surface area contributed by atoms with E-state index < -0.39 is 0 Å². The summed E-state index contributed by atoms with van der Waals surface area (Å²) in [5.74, 6) is -0.0506. The highest BCUT2D eigenvalue weighted by molar-refractivity contribution is 9.10. The van der Waals surface area contributed by atoms with Crippen molar-refractivity contribution < 1.29 is 4.79 Å². The molecular weight excluding hydrogens is 278 g/mol. The smallest absolute Gasteiger partial charge is 0.247 e. The Morgan fingerprint density at radius 2 is 1.94 bits per heavy atom. The fourth-order valence-electron chi connectivity index (χ4n) is 1.38. The van der Waals surface area contributed by atoms with Gasteiger partial charge in [-0.15, -0.1) is 6.58 Å². The molecule has 0 bridgehead atoms. The maximum Gasteiger partial charge on any atom is 0.247 e. The maximum absolute atomic E-state index is 11.8. The first-order chi connectivity index (χ1) is 8.06. The molecule has 0 aliphatic heterocycles. The van der Waals surface area contributed by atoms with Crippen LogP contribution >= 0.6 is 15.9 Å². The molecule has 0 saturated heterocycles. The van der Waals surface area contributed by atoms with Gasteiger partial charge in [0.2, 0.25) is 5.91 Å². The molecule has 3 heteroatoms. The van der Waals surface area contributed by atoms with Gasteiger partial charge in [-0.1, -0.05) is 34.1 Å². The van der Waals surface area contributed by atoms with Gasteiger partial charge in [0.05, 0.1) is 0 Å². The molecule has 90 valence electrons. The number of rotatable bonds is 4. The zero-order chi connectivity index (χ0) is 12.8. The van der Waals surface area contributed by atoms with E-state index in [1.54, 1.807) is 6.08 Å². The summed E-state index contributed by atoms with van der Waals surface area (Å²) in [6, 6.07) is 7.91. The molecule has 1 N–H and O–H groups in total. The van der Waals surface area contributed by atoms with Crippen LogP contribution in [0.15, 0.2) is 47.0 Å². The third-order valence-corrected chi connectivity index (χ3v) is 3.12. The highest BCUT2D eigenvalue weighted by Crippen LogP contribution is 2.20. The highest BCUT2D eigenvalue weighted by Gasteiger charge is 2.07. The average molecular weight is 294 g/mol. The van der Waals surface area contributed by atoms with E-state index in [4.69, 9.17) is 0 Å². The van der Waals surface area contributed by atoms with E-state index in [9.17, 15) is 4.79 Å². The van der Waals surface area contributed by atoms with E-state index >= 15 is 0 Å². The van der Waals surface area contributed by atoms with Crippen LogP contribution in [0.2, 0.25) is 0 Å². The lowest BCUT2D eigenvalue weighted by Crippen LogP contribution is -2.24. The number of carbonyl (C=O) groups is 1. The molecule has 0 aromatic heterocycles. The van der Waals surface area contributed by atoms with E-state index in [1.807, 2.05) is 38.1 Å². The van der Waals surface area contributed by atoms with E-state index in [0.717, 1.165) is 21.2 Å². The lowest BCUT2D eigenvalue weighted by atomic mass is 10.0. The molecule has 0 aliphatic carbocycles. The second-order valence-electron chi connectivity index (χ2n) is 3.76. The minimum Gasteiger partial charge on any atom is -0.349 e. The van der Waals surface area contributed by atoms with Crippen molar-refractivity contribution in [1.82, 2.24) is 5.32 Å². The summed E-state index contributed by atoms with van der Waals surface area (Å²) >= 11 is 3.39. The van der Waals surface area contributed by atoms with Crippen LogP contribution in [0.4, 0.5) is 0 Å². The molecule has 1 aromatic rings. The second-order valence-corrected chi connectivity index (χ2v) is 4.67. The Balaban J connectivity index is 2.92. The molecule has 1 aromatic carbocycles. The predicted octanol–water partition coefficient (Wildman–Crippen LogP) is 3.54. The van der Waals surface area contributed by atoms with Crippen LogP contribution < -0.4 is 5.32 Å². The Bertz CT molecular complexity index is 446. The monoisotopic (exact) mass is 293 g/mol. The van der Waals surface area contributed by atoms with Gasteiger partial charge in [-0.05, 0) is 37.1 Å². The van der Waals surface area contributed by atoms with Crippen molar-refractivity contribution in [1.29, 1.82) is 0 Å². The normalized spacial score (nSPS) is 11.7. The predicted molar refractivity (Wildman–Crippen MR) is 75.6 cm³/mol. The summed E-state index contributed by atoms with van der Waals surface area (Å²) in [6.45, 7) is 7.84. The van der Waals surface area contributed by atoms with Crippen molar-refractivity contribution >= 4 is 27.4 Å². The first-order valence-corrected chi connectivity index (χ1v) is 6.18. The van der Waals surface area contributed by atoms with Crippen molar-refractivity contribution in [2.45, 2.75) is 13.8 Å². The molecule has 0 heterocycles. The molecule has 1 amide bonds. The van der Waals surface area contributed by atoms with Crippen LogP contribution in [0, 0.1) is 0 Å². The number of carbonyl (C=O) groups excluding carboxylic acids is 1. The van der Waals surface area contributed by atoms with Gasteiger partial charge in [0.1, 0.15) is 0 Å².